The van der Waals surface area contributed by atoms with Crippen LogP contribution in [0.5, 0.6) is 0 Å². The number of allylic oxidation sites excluding steroid dienone is 1. The Morgan fingerprint density at radius 1 is 1.05 bits per heavy atom. The summed E-state index contributed by atoms with van der Waals surface area (Å²) < 4.78 is 5.94. The van der Waals surface area contributed by atoms with Crippen LogP contribution in [-0.2, 0) is 0 Å². The molecule has 0 bridgehead atoms. The third-order valence-corrected chi connectivity index (χ3v) is 4.15. The second-order valence-electron chi connectivity index (χ2n) is 5.31. The number of carbonyl (C=O) groups is 1. The molecule has 102 valence electrons. The fourth-order valence-corrected chi connectivity index (χ4v) is 3.21. The highest BCUT2D eigenvalue weighted by Gasteiger charge is 2.26. The predicted octanol–water partition coefficient (Wildman–Crippen LogP) is 4.79. The first kappa shape index (κ1) is 12.2. The lowest BCUT2D eigenvalue weighted by atomic mass is 9.82. The molecule has 0 amide bonds. The average molecular weight is 274 g/mol. The quantitative estimate of drug-likeness (QED) is 0.629. The third kappa shape index (κ3) is 1.83. The lowest BCUT2D eigenvalue weighted by Gasteiger charge is -2.20. The Morgan fingerprint density at radius 3 is 2.76 bits per heavy atom. The summed E-state index contributed by atoms with van der Waals surface area (Å²) in [5.74, 6) is 1.09. The van der Waals surface area contributed by atoms with E-state index in [1.54, 1.807) is 0 Å². The van der Waals surface area contributed by atoms with Gasteiger partial charge in [0.25, 0.3) is 0 Å². The minimum absolute atomic E-state index is 0.176. The highest BCUT2D eigenvalue weighted by atomic mass is 16.3. The van der Waals surface area contributed by atoms with Crippen LogP contribution < -0.4 is 0 Å². The van der Waals surface area contributed by atoms with Gasteiger partial charge in [-0.2, -0.15) is 0 Å². The van der Waals surface area contributed by atoms with Gasteiger partial charge in [0.05, 0.1) is 0 Å². The molecule has 4 rings (SSSR count). The summed E-state index contributed by atoms with van der Waals surface area (Å²) >= 11 is 0. The van der Waals surface area contributed by atoms with Crippen molar-refractivity contribution in [2.75, 3.05) is 0 Å². The van der Waals surface area contributed by atoms with Gasteiger partial charge in [0.2, 0.25) is 0 Å². The molecule has 2 aromatic carbocycles. The summed E-state index contributed by atoms with van der Waals surface area (Å²) in [6, 6.07) is 15.9. The predicted molar refractivity (Wildman–Crippen MR) is 83.5 cm³/mol. The summed E-state index contributed by atoms with van der Waals surface area (Å²) in [4.78, 5) is 11.3. The van der Waals surface area contributed by atoms with Crippen LogP contribution in [0.3, 0.4) is 0 Å². The van der Waals surface area contributed by atoms with Gasteiger partial charge in [-0.3, -0.25) is 4.79 Å². The number of aldehydes is 1. The van der Waals surface area contributed by atoms with E-state index in [-0.39, 0.29) is 5.92 Å². The normalized spacial score (nSPS) is 16.9. The second kappa shape index (κ2) is 4.74. The summed E-state index contributed by atoms with van der Waals surface area (Å²) in [7, 11) is 0. The van der Waals surface area contributed by atoms with Gasteiger partial charge >= 0.3 is 0 Å². The van der Waals surface area contributed by atoms with Crippen LogP contribution in [-0.4, -0.2) is 6.29 Å². The lowest BCUT2D eigenvalue weighted by molar-refractivity contribution is 0.112. The molecule has 0 N–H and O–H groups in total. The van der Waals surface area contributed by atoms with E-state index >= 15 is 0 Å². The largest absolute Gasteiger partial charge is 0.456 e. The molecule has 0 saturated carbocycles. The average Bonchev–Trinajstić information content (AvgIpc) is 2.93. The molecule has 1 atom stereocenters. The van der Waals surface area contributed by atoms with E-state index in [1.165, 1.54) is 5.56 Å². The zero-order valence-corrected chi connectivity index (χ0v) is 11.5. The zero-order chi connectivity index (χ0) is 14.2. The Bertz CT molecular complexity index is 855. The van der Waals surface area contributed by atoms with Gasteiger partial charge in [0.1, 0.15) is 17.6 Å². The maximum atomic E-state index is 11.3. The Labute approximate surface area is 122 Å². The van der Waals surface area contributed by atoms with Gasteiger partial charge in [-0.05, 0) is 24.1 Å². The molecule has 0 aliphatic heterocycles. The van der Waals surface area contributed by atoms with Gasteiger partial charge in [-0.15, -0.1) is 0 Å². The molecule has 0 fully saturated rings. The molecule has 1 unspecified atom stereocenters. The smallest absolute Gasteiger partial charge is 0.150 e. The van der Waals surface area contributed by atoms with Crippen molar-refractivity contribution >= 4 is 23.3 Å². The standard InChI is InChI=1S/C19H14O2/c20-12-13-6-1-2-7-14(13)15-9-5-11-18-19(15)16-8-3-4-10-17(16)21-18/h1-8,10-12,15H,9H2. The van der Waals surface area contributed by atoms with Crippen LogP contribution >= 0.6 is 0 Å². The number of fused-ring (bicyclic) bond motifs is 3. The fourth-order valence-electron chi connectivity index (χ4n) is 3.21. The monoisotopic (exact) mass is 274 g/mol. The van der Waals surface area contributed by atoms with Crippen molar-refractivity contribution in [1.29, 1.82) is 0 Å². The summed E-state index contributed by atoms with van der Waals surface area (Å²) in [5, 5.41) is 1.14. The van der Waals surface area contributed by atoms with E-state index < -0.39 is 0 Å². The number of carbonyl (C=O) groups excluding carboxylic acids is 1. The number of rotatable bonds is 2. The van der Waals surface area contributed by atoms with Crippen molar-refractivity contribution in [2.45, 2.75) is 12.3 Å². The van der Waals surface area contributed by atoms with Crippen molar-refractivity contribution < 1.29 is 9.21 Å². The summed E-state index contributed by atoms with van der Waals surface area (Å²) in [5.41, 5.74) is 3.93. The topological polar surface area (TPSA) is 30.2 Å². The minimum Gasteiger partial charge on any atom is -0.456 e. The van der Waals surface area contributed by atoms with Crippen LogP contribution in [0.4, 0.5) is 0 Å². The Morgan fingerprint density at radius 2 is 1.86 bits per heavy atom. The molecule has 2 heteroatoms. The molecular weight excluding hydrogens is 260 g/mol. The van der Waals surface area contributed by atoms with Crippen molar-refractivity contribution in [3.8, 4) is 0 Å². The first-order valence-corrected chi connectivity index (χ1v) is 7.10. The van der Waals surface area contributed by atoms with Crippen molar-refractivity contribution in [3.05, 3.63) is 77.1 Å². The first-order valence-electron chi connectivity index (χ1n) is 7.10. The molecule has 21 heavy (non-hydrogen) atoms. The molecule has 3 aromatic rings. The molecule has 1 aliphatic rings. The highest BCUT2D eigenvalue weighted by Crippen LogP contribution is 2.41. The van der Waals surface area contributed by atoms with Crippen LogP contribution in [0.15, 0.2) is 59.0 Å². The van der Waals surface area contributed by atoms with E-state index in [0.717, 1.165) is 40.6 Å². The van der Waals surface area contributed by atoms with E-state index in [0.29, 0.717) is 0 Å². The van der Waals surface area contributed by atoms with E-state index in [9.17, 15) is 4.79 Å². The maximum Gasteiger partial charge on any atom is 0.150 e. The van der Waals surface area contributed by atoms with Gasteiger partial charge in [0, 0.05) is 22.4 Å². The van der Waals surface area contributed by atoms with Crippen LogP contribution in [0.2, 0.25) is 0 Å². The number of hydrogen-bond donors (Lipinski definition) is 0. The zero-order valence-electron chi connectivity index (χ0n) is 11.5. The van der Waals surface area contributed by atoms with Gasteiger partial charge in [-0.1, -0.05) is 48.5 Å². The molecular formula is C19H14O2. The molecule has 2 nitrogen and oxygen atoms in total. The SMILES string of the molecule is O=Cc1ccccc1C1CC=Cc2oc3ccccc3c21. The molecule has 0 spiro atoms. The molecule has 1 aromatic heterocycles. The van der Waals surface area contributed by atoms with Gasteiger partial charge in [-0.25, -0.2) is 0 Å². The third-order valence-electron chi connectivity index (χ3n) is 4.15. The Kier molecular flexibility index (Phi) is 2.74. The minimum atomic E-state index is 0.176. The van der Waals surface area contributed by atoms with Crippen molar-refractivity contribution in [3.63, 3.8) is 0 Å². The number of furan rings is 1. The van der Waals surface area contributed by atoms with Crippen molar-refractivity contribution in [2.24, 2.45) is 0 Å². The first-order chi connectivity index (χ1) is 10.4. The molecule has 0 saturated heterocycles. The van der Waals surface area contributed by atoms with Crippen LogP contribution in [0, 0.1) is 0 Å². The van der Waals surface area contributed by atoms with E-state index in [4.69, 9.17) is 4.42 Å². The Hall–Kier alpha value is -2.61. The lowest BCUT2D eigenvalue weighted by Crippen LogP contribution is -2.06. The van der Waals surface area contributed by atoms with Crippen molar-refractivity contribution in [1.82, 2.24) is 0 Å². The van der Waals surface area contributed by atoms with Crippen LogP contribution in [0.25, 0.3) is 17.0 Å². The van der Waals surface area contributed by atoms with Crippen LogP contribution in [0.1, 0.15) is 39.6 Å². The summed E-state index contributed by atoms with van der Waals surface area (Å²) in [6.45, 7) is 0. The van der Waals surface area contributed by atoms with E-state index in [2.05, 4.69) is 12.1 Å². The number of para-hydroxylation sites is 1. The maximum absolute atomic E-state index is 11.3. The molecule has 0 radical (unpaired) electrons. The van der Waals surface area contributed by atoms with Gasteiger partial charge < -0.3 is 4.42 Å². The fraction of sp³-hybridized carbons (Fsp3) is 0.105. The Balaban J connectivity index is 1.98. The van der Waals surface area contributed by atoms with E-state index in [1.807, 2.05) is 48.5 Å². The summed E-state index contributed by atoms with van der Waals surface area (Å²) in [6.07, 6.45) is 5.99. The highest BCUT2D eigenvalue weighted by molar-refractivity contribution is 5.87. The number of hydrogen-bond acceptors (Lipinski definition) is 2. The molecule has 1 heterocycles. The van der Waals surface area contributed by atoms with Gasteiger partial charge in [0.15, 0.2) is 0 Å². The second-order valence-corrected chi connectivity index (χ2v) is 5.31. The molecule has 1 aliphatic carbocycles. The number of benzene rings is 2.